The van der Waals surface area contributed by atoms with Gasteiger partial charge in [0.1, 0.15) is 6.04 Å². The lowest BCUT2D eigenvalue weighted by atomic mass is 9.90. The highest BCUT2D eigenvalue weighted by Gasteiger charge is 2.35. The van der Waals surface area contributed by atoms with Gasteiger partial charge in [0.2, 0.25) is 5.91 Å². The van der Waals surface area contributed by atoms with Crippen molar-refractivity contribution < 1.29 is 9.59 Å². The molecule has 0 saturated heterocycles. The van der Waals surface area contributed by atoms with Crippen LogP contribution in [-0.4, -0.2) is 42.8 Å². The number of carbonyl (C=O) groups excluding carboxylic acids is 2. The fourth-order valence-corrected chi connectivity index (χ4v) is 3.24. The van der Waals surface area contributed by atoms with E-state index in [1.54, 1.807) is 11.8 Å². The summed E-state index contributed by atoms with van der Waals surface area (Å²) in [7, 11) is 1.91. The van der Waals surface area contributed by atoms with E-state index in [-0.39, 0.29) is 11.7 Å². The first-order valence-corrected chi connectivity index (χ1v) is 8.35. The number of hydrogen-bond donors (Lipinski definition) is 2. The van der Waals surface area contributed by atoms with Crippen molar-refractivity contribution in [3.63, 3.8) is 0 Å². The van der Waals surface area contributed by atoms with E-state index < -0.39 is 12.1 Å². The lowest BCUT2D eigenvalue weighted by molar-refractivity contribution is -0.141. The molecule has 1 aromatic rings. The SMILES string of the molecule is CNCCCC[C@H](N)C(=O)N1CCc2ccccc2[C@H]1C(C)=O. The highest BCUT2D eigenvalue weighted by atomic mass is 16.2. The van der Waals surface area contributed by atoms with Crippen LogP contribution in [0.1, 0.15) is 43.4 Å². The van der Waals surface area contributed by atoms with E-state index in [1.807, 2.05) is 31.3 Å². The van der Waals surface area contributed by atoms with Gasteiger partial charge < -0.3 is 16.0 Å². The topological polar surface area (TPSA) is 75.4 Å². The van der Waals surface area contributed by atoms with Crippen LogP contribution in [0, 0.1) is 0 Å². The zero-order valence-electron chi connectivity index (χ0n) is 14.0. The van der Waals surface area contributed by atoms with Crippen LogP contribution in [-0.2, 0) is 16.0 Å². The van der Waals surface area contributed by atoms with Gasteiger partial charge in [0.05, 0.1) is 6.04 Å². The number of ketones is 1. The van der Waals surface area contributed by atoms with Crippen LogP contribution in [0.25, 0.3) is 0 Å². The van der Waals surface area contributed by atoms with Crippen LogP contribution >= 0.6 is 0 Å². The molecule has 1 aliphatic heterocycles. The van der Waals surface area contributed by atoms with Crippen molar-refractivity contribution in [1.82, 2.24) is 10.2 Å². The van der Waals surface area contributed by atoms with Crippen LogP contribution in [0.3, 0.4) is 0 Å². The zero-order chi connectivity index (χ0) is 16.8. The largest absolute Gasteiger partial charge is 0.327 e. The molecule has 5 nitrogen and oxygen atoms in total. The maximum Gasteiger partial charge on any atom is 0.240 e. The van der Waals surface area contributed by atoms with Gasteiger partial charge in [-0.1, -0.05) is 30.7 Å². The maximum absolute atomic E-state index is 12.7. The molecule has 2 rings (SSSR count). The number of Topliss-reactive ketones (excluding diaryl/α,β-unsaturated/α-hetero) is 1. The summed E-state index contributed by atoms with van der Waals surface area (Å²) < 4.78 is 0. The molecule has 2 atom stereocenters. The second-order valence-corrected chi connectivity index (χ2v) is 6.20. The summed E-state index contributed by atoms with van der Waals surface area (Å²) in [5, 5.41) is 3.09. The van der Waals surface area contributed by atoms with Gasteiger partial charge in [-0.3, -0.25) is 9.59 Å². The fraction of sp³-hybridized carbons (Fsp3) is 0.556. The molecule has 1 aromatic carbocycles. The highest BCUT2D eigenvalue weighted by Crippen LogP contribution is 2.31. The normalized spacial score (nSPS) is 18.4. The Morgan fingerprint density at radius 2 is 2.09 bits per heavy atom. The number of nitrogens with zero attached hydrogens (tertiary/aromatic N) is 1. The molecular formula is C18H27N3O2. The third-order valence-corrected chi connectivity index (χ3v) is 4.46. The Bertz CT molecular complexity index is 559. The molecule has 126 valence electrons. The third-order valence-electron chi connectivity index (χ3n) is 4.46. The van der Waals surface area contributed by atoms with Crippen molar-refractivity contribution in [1.29, 1.82) is 0 Å². The standard InChI is InChI=1S/C18H27N3O2/c1-13(22)17-15-8-4-3-7-14(15)10-12-21(17)18(23)16(19)9-5-6-11-20-2/h3-4,7-8,16-17,20H,5-6,9-12,19H2,1-2H3/t16-,17+/m0/s1. The molecule has 0 bridgehead atoms. The van der Waals surface area contributed by atoms with E-state index in [1.165, 1.54) is 0 Å². The van der Waals surface area contributed by atoms with Crippen LogP contribution in [0.4, 0.5) is 0 Å². The Labute approximate surface area is 138 Å². The Morgan fingerprint density at radius 1 is 1.35 bits per heavy atom. The van der Waals surface area contributed by atoms with Crippen LogP contribution in [0.15, 0.2) is 24.3 Å². The summed E-state index contributed by atoms with van der Waals surface area (Å²) in [5.41, 5.74) is 8.19. The maximum atomic E-state index is 12.7. The minimum absolute atomic E-state index is 0.00659. The van der Waals surface area contributed by atoms with Gasteiger partial charge in [-0.05, 0) is 50.9 Å². The Morgan fingerprint density at radius 3 is 2.78 bits per heavy atom. The number of unbranched alkanes of at least 4 members (excludes halogenated alkanes) is 1. The monoisotopic (exact) mass is 317 g/mol. The summed E-state index contributed by atoms with van der Waals surface area (Å²) in [6.07, 6.45) is 3.33. The Hall–Kier alpha value is -1.72. The highest BCUT2D eigenvalue weighted by molar-refractivity contribution is 5.91. The second-order valence-electron chi connectivity index (χ2n) is 6.20. The van der Waals surface area contributed by atoms with E-state index in [2.05, 4.69) is 5.32 Å². The first-order chi connectivity index (χ1) is 11.1. The van der Waals surface area contributed by atoms with Gasteiger partial charge in [0.15, 0.2) is 5.78 Å². The van der Waals surface area contributed by atoms with Crippen molar-refractivity contribution in [3.8, 4) is 0 Å². The van der Waals surface area contributed by atoms with Gasteiger partial charge in [-0.15, -0.1) is 0 Å². The molecule has 23 heavy (non-hydrogen) atoms. The summed E-state index contributed by atoms with van der Waals surface area (Å²) >= 11 is 0. The smallest absolute Gasteiger partial charge is 0.240 e. The number of carbonyl (C=O) groups is 2. The first kappa shape index (κ1) is 17.6. The van der Waals surface area contributed by atoms with Crippen LogP contribution < -0.4 is 11.1 Å². The lowest BCUT2D eigenvalue weighted by Crippen LogP contribution is -2.49. The molecule has 0 aromatic heterocycles. The number of amides is 1. The van der Waals surface area contributed by atoms with Gasteiger partial charge >= 0.3 is 0 Å². The third kappa shape index (κ3) is 4.18. The first-order valence-electron chi connectivity index (χ1n) is 8.35. The molecule has 5 heteroatoms. The minimum Gasteiger partial charge on any atom is -0.327 e. The molecule has 0 unspecified atom stereocenters. The number of rotatable bonds is 7. The molecule has 1 aliphatic rings. The molecule has 0 radical (unpaired) electrons. The number of fused-ring (bicyclic) bond motifs is 1. The average molecular weight is 317 g/mol. The summed E-state index contributed by atoms with van der Waals surface area (Å²) in [6.45, 7) is 3.03. The number of hydrogen-bond acceptors (Lipinski definition) is 4. The van der Waals surface area contributed by atoms with Crippen LogP contribution in [0.5, 0.6) is 0 Å². The van der Waals surface area contributed by atoms with E-state index in [4.69, 9.17) is 5.73 Å². The molecule has 0 fully saturated rings. The lowest BCUT2D eigenvalue weighted by Gasteiger charge is -2.37. The van der Waals surface area contributed by atoms with Crippen LogP contribution in [0.2, 0.25) is 0 Å². The molecule has 0 spiro atoms. The molecular weight excluding hydrogens is 290 g/mol. The number of benzene rings is 1. The fourth-order valence-electron chi connectivity index (χ4n) is 3.24. The number of nitrogens with one attached hydrogen (secondary N) is 1. The quantitative estimate of drug-likeness (QED) is 0.746. The summed E-state index contributed by atoms with van der Waals surface area (Å²) in [4.78, 5) is 26.5. The van der Waals surface area contributed by atoms with E-state index in [0.29, 0.717) is 13.0 Å². The molecule has 3 N–H and O–H groups in total. The summed E-state index contributed by atoms with van der Waals surface area (Å²) in [5.74, 6) is -0.114. The predicted molar refractivity (Wildman–Crippen MR) is 91.0 cm³/mol. The molecule has 1 amide bonds. The second kappa shape index (κ2) is 8.22. The van der Waals surface area contributed by atoms with Gasteiger partial charge in [0, 0.05) is 6.54 Å². The van der Waals surface area contributed by atoms with Crippen molar-refractivity contribution in [2.24, 2.45) is 5.73 Å². The molecule has 0 saturated carbocycles. The Balaban J connectivity index is 2.09. The molecule has 1 heterocycles. The van der Waals surface area contributed by atoms with Crippen molar-refractivity contribution in [3.05, 3.63) is 35.4 Å². The van der Waals surface area contributed by atoms with Gasteiger partial charge in [-0.25, -0.2) is 0 Å². The minimum atomic E-state index is -0.529. The van der Waals surface area contributed by atoms with E-state index in [0.717, 1.165) is 36.9 Å². The number of nitrogens with two attached hydrogens (primary N) is 1. The predicted octanol–water partition coefficient (Wildman–Crippen LogP) is 1.42. The van der Waals surface area contributed by atoms with Gasteiger partial charge in [0.25, 0.3) is 0 Å². The zero-order valence-corrected chi connectivity index (χ0v) is 14.0. The van der Waals surface area contributed by atoms with E-state index in [9.17, 15) is 9.59 Å². The van der Waals surface area contributed by atoms with Crippen molar-refractivity contribution in [2.45, 2.75) is 44.7 Å². The van der Waals surface area contributed by atoms with Crippen molar-refractivity contribution >= 4 is 11.7 Å². The van der Waals surface area contributed by atoms with E-state index >= 15 is 0 Å². The average Bonchev–Trinajstić information content (AvgIpc) is 2.56. The molecule has 0 aliphatic carbocycles. The van der Waals surface area contributed by atoms with Gasteiger partial charge in [-0.2, -0.15) is 0 Å². The Kier molecular flexibility index (Phi) is 6.30. The van der Waals surface area contributed by atoms with Crippen molar-refractivity contribution in [2.75, 3.05) is 20.1 Å². The summed E-state index contributed by atoms with van der Waals surface area (Å²) in [6, 6.07) is 6.85.